The molecule has 0 spiro atoms. The highest BCUT2D eigenvalue weighted by Gasteiger charge is 2.46. The number of halogens is 4. The fourth-order valence-corrected chi connectivity index (χ4v) is 3.61. The van der Waals surface area contributed by atoms with E-state index in [1.54, 1.807) is 17.5 Å². The summed E-state index contributed by atoms with van der Waals surface area (Å²) >= 11 is 23.4. The van der Waals surface area contributed by atoms with Crippen LogP contribution in [0, 0.1) is 0 Å². The molecule has 0 aliphatic carbocycles. The second kappa shape index (κ2) is 7.41. The molecule has 1 unspecified atom stereocenters. The van der Waals surface area contributed by atoms with Crippen LogP contribution in [0.1, 0.15) is 21.2 Å². The molecule has 1 aromatic heterocycles. The standard InChI is InChI=1S/C16H8Cl4N2O4S/c17-7-3-4-9-8(6-7)11(12(23)10-2-1-5-27-10)13(24)22(9)15(26)21-14(25)16(18,19)20/h1-6,11H,(H,21,25,26). The van der Waals surface area contributed by atoms with Crippen molar-refractivity contribution in [2.45, 2.75) is 9.71 Å². The lowest BCUT2D eigenvalue weighted by atomic mass is 9.95. The Labute approximate surface area is 176 Å². The largest absolute Gasteiger partial charge is 0.335 e. The van der Waals surface area contributed by atoms with Crippen LogP contribution in [0.2, 0.25) is 5.02 Å². The number of nitrogens with one attached hydrogen (secondary N) is 1. The summed E-state index contributed by atoms with van der Waals surface area (Å²) in [5.74, 6) is -3.82. The van der Waals surface area contributed by atoms with E-state index in [0.717, 1.165) is 11.3 Å². The fraction of sp³-hybridized carbons (Fsp3) is 0.125. The first-order chi connectivity index (χ1) is 12.6. The number of carbonyl (C=O) groups excluding carboxylic acids is 4. The van der Waals surface area contributed by atoms with E-state index >= 15 is 0 Å². The van der Waals surface area contributed by atoms with E-state index in [4.69, 9.17) is 46.4 Å². The van der Waals surface area contributed by atoms with Gasteiger partial charge in [-0.1, -0.05) is 52.5 Å². The van der Waals surface area contributed by atoms with Crippen LogP contribution in [0.4, 0.5) is 10.5 Å². The van der Waals surface area contributed by atoms with Gasteiger partial charge >= 0.3 is 6.03 Å². The van der Waals surface area contributed by atoms with Crippen LogP contribution >= 0.6 is 57.7 Å². The maximum Gasteiger partial charge on any atom is 0.335 e. The number of benzene rings is 1. The Kier molecular flexibility index (Phi) is 5.52. The molecule has 140 valence electrons. The van der Waals surface area contributed by atoms with Crippen LogP contribution in [0.25, 0.3) is 0 Å². The molecule has 2 heterocycles. The van der Waals surface area contributed by atoms with Crippen LogP contribution in [0.3, 0.4) is 0 Å². The van der Waals surface area contributed by atoms with Crippen molar-refractivity contribution in [3.63, 3.8) is 0 Å². The average molecular weight is 466 g/mol. The second-order valence-electron chi connectivity index (χ2n) is 5.41. The molecule has 1 N–H and O–H groups in total. The molecule has 1 atom stereocenters. The van der Waals surface area contributed by atoms with Crippen molar-refractivity contribution >= 4 is 87.1 Å². The van der Waals surface area contributed by atoms with Crippen molar-refractivity contribution in [1.29, 1.82) is 0 Å². The van der Waals surface area contributed by atoms with Gasteiger partial charge in [-0.25, -0.2) is 9.69 Å². The van der Waals surface area contributed by atoms with Crippen LogP contribution in [-0.2, 0) is 9.59 Å². The zero-order valence-electron chi connectivity index (χ0n) is 13.0. The van der Waals surface area contributed by atoms with Gasteiger partial charge in [0.1, 0.15) is 5.92 Å². The summed E-state index contributed by atoms with van der Waals surface area (Å²) in [5, 5.41) is 3.80. The minimum Gasteiger partial charge on any atom is -0.292 e. The Morgan fingerprint density at radius 3 is 2.44 bits per heavy atom. The number of rotatable bonds is 2. The molecule has 4 amide bonds. The topological polar surface area (TPSA) is 83.6 Å². The van der Waals surface area contributed by atoms with Gasteiger partial charge in [0.25, 0.3) is 15.6 Å². The van der Waals surface area contributed by atoms with Crippen molar-refractivity contribution in [1.82, 2.24) is 5.32 Å². The maximum atomic E-state index is 12.9. The Balaban J connectivity index is 2.00. The van der Waals surface area contributed by atoms with Crippen LogP contribution in [0.5, 0.6) is 0 Å². The molecule has 27 heavy (non-hydrogen) atoms. The Morgan fingerprint density at radius 1 is 1.15 bits per heavy atom. The van der Waals surface area contributed by atoms with Crippen molar-refractivity contribution in [2.24, 2.45) is 0 Å². The third-order valence-electron chi connectivity index (χ3n) is 3.72. The molecular formula is C16H8Cl4N2O4S. The number of hydrogen-bond acceptors (Lipinski definition) is 5. The third-order valence-corrected chi connectivity index (χ3v) is 5.35. The summed E-state index contributed by atoms with van der Waals surface area (Å²) in [6.07, 6.45) is 0. The lowest BCUT2D eigenvalue weighted by Crippen LogP contribution is -2.48. The Morgan fingerprint density at radius 2 is 1.85 bits per heavy atom. The first-order valence-corrected chi connectivity index (χ1v) is 9.63. The zero-order valence-corrected chi connectivity index (χ0v) is 16.9. The number of fused-ring (bicyclic) bond motifs is 1. The number of imide groups is 2. The highest BCUT2D eigenvalue weighted by atomic mass is 35.6. The first-order valence-electron chi connectivity index (χ1n) is 7.24. The zero-order chi connectivity index (χ0) is 19.9. The molecular weight excluding hydrogens is 458 g/mol. The minimum atomic E-state index is -2.40. The number of urea groups is 1. The number of thiophene rings is 1. The van der Waals surface area contributed by atoms with E-state index in [1.807, 2.05) is 5.32 Å². The smallest absolute Gasteiger partial charge is 0.292 e. The SMILES string of the molecule is O=C(c1cccs1)C1C(=O)N(C(=O)NC(=O)C(Cl)(Cl)Cl)c2ccc(Cl)cc21. The molecule has 0 saturated heterocycles. The van der Waals surface area contributed by atoms with Crippen molar-refractivity contribution < 1.29 is 19.2 Å². The maximum absolute atomic E-state index is 12.9. The third kappa shape index (κ3) is 3.83. The number of hydrogen-bond donors (Lipinski definition) is 1. The first kappa shape index (κ1) is 20.1. The number of anilines is 1. The lowest BCUT2D eigenvalue weighted by Gasteiger charge is -2.18. The van der Waals surface area contributed by atoms with Gasteiger partial charge in [-0.15, -0.1) is 11.3 Å². The number of ketones is 1. The quantitative estimate of drug-likeness (QED) is 0.406. The van der Waals surface area contributed by atoms with Crippen molar-refractivity contribution in [3.05, 3.63) is 51.2 Å². The van der Waals surface area contributed by atoms with E-state index in [0.29, 0.717) is 9.78 Å². The van der Waals surface area contributed by atoms with Crippen LogP contribution in [0.15, 0.2) is 35.7 Å². The predicted octanol–water partition coefficient (Wildman–Crippen LogP) is 4.32. The molecule has 2 aromatic rings. The summed E-state index contributed by atoms with van der Waals surface area (Å²) in [7, 11) is 0. The number of carbonyl (C=O) groups is 4. The summed E-state index contributed by atoms with van der Waals surface area (Å²) in [5.41, 5.74) is 0.372. The second-order valence-corrected chi connectivity index (χ2v) is 9.07. The van der Waals surface area contributed by atoms with E-state index in [2.05, 4.69) is 0 Å². The summed E-state index contributed by atoms with van der Waals surface area (Å²) in [6.45, 7) is 0. The van der Waals surface area contributed by atoms with Gasteiger partial charge in [-0.2, -0.15) is 0 Å². The van der Waals surface area contributed by atoms with Gasteiger partial charge in [0, 0.05) is 5.02 Å². The Bertz CT molecular complexity index is 956. The highest BCUT2D eigenvalue weighted by molar-refractivity contribution is 7.12. The number of amides is 4. The molecule has 3 rings (SSSR count). The molecule has 0 radical (unpaired) electrons. The van der Waals surface area contributed by atoms with Crippen molar-refractivity contribution in [3.8, 4) is 0 Å². The summed E-state index contributed by atoms with van der Waals surface area (Å²) in [4.78, 5) is 50.9. The monoisotopic (exact) mass is 464 g/mol. The molecule has 6 nitrogen and oxygen atoms in total. The molecule has 0 fully saturated rings. The summed E-state index contributed by atoms with van der Waals surface area (Å²) < 4.78 is -2.40. The van der Waals surface area contributed by atoms with Gasteiger partial charge < -0.3 is 0 Å². The van der Waals surface area contributed by atoms with E-state index in [9.17, 15) is 19.2 Å². The van der Waals surface area contributed by atoms with Gasteiger partial charge in [-0.05, 0) is 35.2 Å². The molecule has 1 aromatic carbocycles. The van der Waals surface area contributed by atoms with E-state index in [1.165, 1.54) is 18.2 Å². The predicted molar refractivity (Wildman–Crippen MR) is 104 cm³/mol. The lowest BCUT2D eigenvalue weighted by molar-refractivity contribution is -0.119. The average Bonchev–Trinajstić information content (AvgIpc) is 3.19. The van der Waals surface area contributed by atoms with Crippen LogP contribution in [-0.4, -0.2) is 27.4 Å². The van der Waals surface area contributed by atoms with E-state index < -0.39 is 33.3 Å². The fourth-order valence-electron chi connectivity index (χ4n) is 2.59. The van der Waals surface area contributed by atoms with Gasteiger partial charge in [0.2, 0.25) is 0 Å². The molecule has 0 saturated carbocycles. The number of Topliss-reactive ketones (excluding diaryl/α,β-unsaturated/α-hetero) is 1. The minimum absolute atomic E-state index is 0.119. The number of nitrogens with zero attached hydrogens (tertiary/aromatic N) is 1. The van der Waals surface area contributed by atoms with Crippen LogP contribution < -0.4 is 10.2 Å². The van der Waals surface area contributed by atoms with Crippen molar-refractivity contribution in [2.75, 3.05) is 4.90 Å². The van der Waals surface area contributed by atoms with Gasteiger partial charge in [0.05, 0.1) is 10.6 Å². The molecule has 11 heteroatoms. The molecule has 1 aliphatic rings. The van der Waals surface area contributed by atoms with E-state index in [-0.39, 0.29) is 16.3 Å². The van der Waals surface area contributed by atoms with Gasteiger partial charge in [-0.3, -0.25) is 19.7 Å². The van der Waals surface area contributed by atoms with Gasteiger partial charge in [0.15, 0.2) is 5.78 Å². The Hall–Kier alpha value is -1.64. The molecule has 0 bridgehead atoms. The number of alkyl halides is 3. The summed E-state index contributed by atoms with van der Waals surface area (Å²) in [6, 6.07) is 6.37. The molecule has 1 aliphatic heterocycles. The normalized spacial score (nSPS) is 16.2. The highest BCUT2D eigenvalue weighted by Crippen LogP contribution is 2.41.